The van der Waals surface area contributed by atoms with Crippen molar-refractivity contribution in [2.45, 2.75) is 13.2 Å². The highest BCUT2D eigenvalue weighted by molar-refractivity contribution is 5.96. The first-order valence-corrected chi connectivity index (χ1v) is 11.9. The van der Waals surface area contributed by atoms with Gasteiger partial charge in [-0.2, -0.15) is 5.10 Å². The molecule has 0 aliphatic carbocycles. The van der Waals surface area contributed by atoms with Crippen LogP contribution in [0.2, 0.25) is 0 Å². The predicted octanol–water partition coefficient (Wildman–Crippen LogP) is 4.82. The fourth-order valence-electron chi connectivity index (χ4n) is 4.45. The lowest BCUT2D eigenvalue weighted by molar-refractivity contribution is 0.0689. The molecule has 1 aliphatic rings. The van der Waals surface area contributed by atoms with Crippen molar-refractivity contribution in [3.05, 3.63) is 100 Å². The molecule has 0 radical (unpaired) electrons. The van der Waals surface area contributed by atoms with Gasteiger partial charge in [-0.15, -0.1) is 0 Å². The van der Waals surface area contributed by atoms with Gasteiger partial charge in [-0.1, -0.05) is 12.1 Å². The second-order valence-electron chi connectivity index (χ2n) is 8.88. The minimum Gasteiger partial charge on any atom is -0.489 e. The molecule has 4 aromatic rings. The Morgan fingerprint density at radius 1 is 1.08 bits per heavy atom. The van der Waals surface area contributed by atoms with Crippen molar-refractivity contribution in [2.24, 2.45) is 7.05 Å². The summed E-state index contributed by atoms with van der Waals surface area (Å²) >= 11 is 0. The van der Waals surface area contributed by atoms with Crippen LogP contribution in [0.4, 0.5) is 13.2 Å². The summed E-state index contributed by atoms with van der Waals surface area (Å²) in [5.41, 5.74) is 1.84. The first-order chi connectivity index (χ1) is 18.7. The molecule has 0 bridgehead atoms. The number of carbonyl (C=O) groups is 2. The van der Waals surface area contributed by atoms with E-state index in [1.54, 1.807) is 13.1 Å². The van der Waals surface area contributed by atoms with Crippen molar-refractivity contribution in [1.82, 2.24) is 14.7 Å². The summed E-state index contributed by atoms with van der Waals surface area (Å²) in [6.07, 6.45) is 0. The number of rotatable bonds is 8. The Hall–Kier alpha value is -4.80. The van der Waals surface area contributed by atoms with Gasteiger partial charge < -0.3 is 19.5 Å². The average molecular weight is 537 g/mol. The van der Waals surface area contributed by atoms with Crippen molar-refractivity contribution in [1.29, 1.82) is 0 Å². The van der Waals surface area contributed by atoms with E-state index in [1.165, 1.54) is 58.1 Å². The fourth-order valence-corrected chi connectivity index (χ4v) is 4.45. The molecule has 11 heteroatoms. The van der Waals surface area contributed by atoms with Gasteiger partial charge >= 0.3 is 5.97 Å². The molecule has 1 aromatic heterocycles. The molecule has 3 aromatic carbocycles. The number of hydrogen-bond donors (Lipinski definition) is 1. The molecule has 0 saturated heterocycles. The largest absolute Gasteiger partial charge is 0.489 e. The zero-order valence-electron chi connectivity index (χ0n) is 20.7. The number of amides is 1. The van der Waals surface area contributed by atoms with Crippen LogP contribution in [-0.4, -0.2) is 44.8 Å². The summed E-state index contributed by atoms with van der Waals surface area (Å²) in [5, 5.41) is 13.4. The van der Waals surface area contributed by atoms with Crippen LogP contribution in [0, 0.1) is 17.5 Å². The smallest absolute Gasteiger partial charge is 0.335 e. The van der Waals surface area contributed by atoms with E-state index in [1.807, 2.05) is 0 Å². The molecule has 8 nitrogen and oxygen atoms in total. The number of aromatic nitrogens is 2. The lowest BCUT2D eigenvalue weighted by Crippen LogP contribution is -2.35. The minimum atomic E-state index is -1.28. The molecular formula is C28H22F3N3O5. The Labute approximate surface area is 220 Å². The Kier molecular flexibility index (Phi) is 6.97. The van der Waals surface area contributed by atoms with E-state index in [0.717, 1.165) is 6.07 Å². The van der Waals surface area contributed by atoms with Crippen LogP contribution >= 0.6 is 0 Å². The van der Waals surface area contributed by atoms with Gasteiger partial charge in [-0.05, 0) is 54.1 Å². The molecule has 0 fully saturated rings. The zero-order chi connectivity index (χ0) is 27.7. The monoisotopic (exact) mass is 537 g/mol. The van der Waals surface area contributed by atoms with Gasteiger partial charge in [0.2, 0.25) is 0 Å². The highest BCUT2D eigenvalue weighted by atomic mass is 19.1. The number of aromatic carboxylic acids is 1. The van der Waals surface area contributed by atoms with Crippen LogP contribution in [0.1, 0.15) is 32.0 Å². The molecule has 1 N–H and O–H groups in total. The highest BCUT2D eigenvalue weighted by Crippen LogP contribution is 2.39. The van der Waals surface area contributed by atoms with Gasteiger partial charge in [0, 0.05) is 24.7 Å². The van der Waals surface area contributed by atoms with Crippen molar-refractivity contribution < 1.29 is 37.3 Å². The Balaban J connectivity index is 1.42. The number of aryl methyl sites for hydroxylation is 1. The number of fused-ring (bicyclic) bond motifs is 3. The van der Waals surface area contributed by atoms with E-state index in [0.29, 0.717) is 28.1 Å². The predicted molar refractivity (Wildman–Crippen MR) is 133 cm³/mol. The number of hydrogen-bond acceptors (Lipinski definition) is 5. The molecule has 0 spiro atoms. The molecule has 39 heavy (non-hydrogen) atoms. The van der Waals surface area contributed by atoms with E-state index < -0.39 is 29.3 Å². The Morgan fingerprint density at radius 2 is 1.87 bits per heavy atom. The molecule has 200 valence electrons. The third-order valence-corrected chi connectivity index (χ3v) is 6.26. The standard InChI is InChI=1S/C28H22F3N3O5/c1-33-26-20-13-19(30)6-8-23(20)39-15-21(26)25(32-33)27(35)34(14-16-3-2-4-18(29)11-16)9-10-38-24-7-5-17(28(36)37)12-22(24)31/h2-8,11-13H,9-10,14-15H2,1H3,(H,36,37). The highest BCUT2D eigenvalue weighted by Gasteiger charge is 2.31. The fraction of sp³-hybridized carbons (Fsp3) is 0.179. The quantitative estimate of drug-likeness (QED) is 0.347. The summed E-state index contributed by atoms with van der Waals surface area (Å²) < 4.78 is 54.9. The van der Waals surface area contributed by atoms with Gasteiger partial charge in [-0.25, -0.2) is 18.0 Å². The van der Waals surface area contributed by atoms with Crippen molar-refractivity contribution >= 4 is 11.9 Å². The molecule has 2 heterocycles. The summed E-state index contributed by atoms with van der Waals surface area (Å²) in [4.78, 5) is 26.2. The molecule has 5 rings (SSSR count). The molecule has 0 atom stereocenters. The van der Waals surface area contributed by atoms with E-state index >= 15 is 0 Å². The maximum absolute atomic E-state index is 14.3. The minimum absolute atomic E-state index is 0.00218. The maximum atomic E-state index is 14.3. The second-order valence-corrected chi connectivity index (χ2v) is 8.88. The van der Waals surface area contributed by atoms with Gasteiger partial charge in [-0.3, -0.25) is 9.48 Å². The van der Waals surface area contributed by atoms with Crippen LogP contribution in [0.15, 0.2) is 60.7 Å². The summed E-state index contributed by atoms with van der Waals surface area (Å²) in [6, 6.07) is 13.1. The lowest BCUT2D eigenvalue weighted by Gasteiger charge is -2.24. The van der Waals surface area contributed by atoms with Gasteiger partial charge in [0.1, 0.15) is 30.6 Å². The van der Waals surface area contributed by atoms with Crippen LogP contribution in [0.5, 0.6) is 11.5 Å². The zero-order valence-corrected chi connectivity index (χ0v) is 20.7. The third kappa shape index (κ3) is 5.28. The van der Waals surface area contributed by atoms with Gasteiger partial charge in [0.25, 0.3) is 5.91 Å². The molecule has 1 aliphatic heterocycles. The van der Waals surface area contributed by atoms with Gasteiger partial charge in [0.05, 0.1) is 17.8 Å². The molecule has 0 saturated carbocycles. The molecule has 0 unspecified atom stereocenters. The number of carboxylic acids is 1. The average Bonchev–Trinajstić information content (AvgIpc) is 3.25. The SMILES string of the molecule is Cn1nc(C(=O)N(CCOc2ccc(C(=O)O)cc2F)Cc2cccc(F)c2)c2c1-c1cc(F)ccc1OC2. The number of nitrogens with zero attached hydrogens (tertiary/aromatic N) is 3. The topological polar surface area (TPSA) is 93.9 Å². The lowest BCUT2D eigenvalue weighted by atomic mass is 10.0. The van der Waals surface area contributed by atoms with Crippen LogP contribution in [0.3, 0.4) is 0 Å². The van der Waals surface area contributed by atoms with E-state index in [-0.39, 0.29) is 43.3 Å². The number of ether oxygens (including phenoxy) is 2. The molecular weight excluding hydrogens is 515 g/mol. The summed E-state index contributed by atoms with van der Waals surface area (Å²) in [6.45, 7) is -0.150. The van der Waals surface area contributed by atoms with Gasteiger partial charge in [0.15, 0.2) is 17.3 Å². The normalized spacial score (nSPS) is 11.8. The molecule has 1 amide bonds. The first kappa shape index (κ1) is 25.8. The van der Waals surface area contributed by atoms with Crippen molar-refractivity contribution in [2.75, 3.05) is 13.2 Å². The summed E-state index contributed by atoms with van der Waals surface area (Å²) in [7, 11) is 1.64. The van der Waals surface area contributed by atoms with Crippen LogP contribution in [-0.2, 0) is 20.2 Å². The van der Waals surface area contributed by atoms with Crippen molar-refractivity contribution in [3.63, 3.8) is 0 Å². The van der Waals surface area contributed by atoms with E-state index in [2.05, 4.69) is 5.10 Å². The van der Waals surface area contributed by atoms with E-state index in [4.69, 9.17) is 14.6 Å². The Morgan fingerprint density at radius 3 is 2.62 bits per heavy atom. The third-order valence-electron chi connectivity index (χ3n) is 6.26. The number of benzene rings is 3. The maximum Gasteiger partial charge on any atom is 0.335 e. The number of carbonyl (C=O) groups excluding carboxylic acids is 1. The summed E-state index contributed by atoms with van der Waals surface area (Å²) in [5.74, 6) is -3.30. The van der Waals surface area contributed by atoms with Crippen molar-refractivity contribution in [3.8, 4) is 22.8 Å². The van der Waals surface area contributed by atoms with E-state index in [9.17, 15) is 22.8 Å². The Bertz CT molecular complexity index is 1590. The second kappa shape index (κ2) is 10.5. The first-order valence-electron chi connectivity index (χ1n) is 11.9. The number of halogens is 3. The van der Waals surface area contributed by atoms with Crippen LogP contribution in [0.25, 0.3) is 11.3 Å². The van der Waals surface area contributed by atoms with Crippen LogP contribution < -0.4 is 9.47 Å². The number of carboxylic acid groups (broad SMARTS) is 1.